The van der Waals surface area contributed by atoms with Crippen molar-refractivity contribution in [3.8, 4) is 5.75 Å². The number of amides is 1. The third-order valence-corrected chi connectivity index (χ3v) is 3.68. The minimum absolute atomic E-state index is 0.192. The first-order valence-corrected chi connectivity index (χ1v) is 8.46. The van der Waals surface area contributed by atoms with E-state index in [0.717, 1.165) is 11.3 Å². The summed E-state index contributed by atoms with van der Waals surface area (Å²) in [6.07, 6.45) is -4.79. The molecule has 0 aliphatic rings. The van der Waals surface area contributed by atoms with Crippen molar-refractivity contribution in [1.82, 2.24) is 4.98 Å². The number of rotatable bonds is 5. The number of hydrogen-bond acceptors (Lipinski definition) is 7. The van der Waals surface area contributed by atoms with Gasteiger partial charge < -0.3 is 14.2 Å². The maximum absolute atomic E-state index is 13.6. The second-order valence-electron chi connectivity index (χ2n) is 6.11. The number of carbonyl (C=O) groups is 2. The Morgan fingerprint density at radius 2 is 1.96 bits per heavy atom. The molecule has 2 aromatic rings. The van der Waals surface area contributed by atoms with Crippen LogP contribution in [0.25, 0.3) is 10.2 Å². The van der Waals surface area contributed by atoms with E-state index in [4.69, 9.17) is 4.74 Å². The van der Waals surface area contributed by atoms with Gasteiger partial charge >= 0.3 is 18.2 Å². The van der Waals surface area contributed by atoms with Crippen molar-refractivity contribution < 1.29 is 32.6 Å². The maximum atomic E-state index is 13.6. The Morgan fingerprint density at radius 1 is 1.27 bits per heavy atom. The van der Waals surface area contributed by atoms with E-state index < -0.39 is 23.8 Å². The van der Waals surface area contributed by atoms with Gasteiger partial charge in [-0.05, 0) is 39.8 Å². The van der Waals surface area contributed by atoms with Gasteiger partial charge in [-0.2, -0.15) is 8.78 Å². The van der Waals surface area contributed by atoms with Gasteiger partial charge in [0.1, 0.15) is 11.4 Å². The highest BCUT2D eigenvalue weighted by Crippen LogP contribution is 2.31. The fourth-order valence-corrected chi connectivity index (χ4v) is 2.65. The molecule has 0 spiro atoms. The molecule has 26 heavy (non-hydrogen) atoms. The minimum Gasteiger partial charge on any atom is -0.459 e. The van der Waals surface area contributed by atoms with Crippen molar-refractivity contribution >= 4 is 38.7 Å². The number of carbonyl (C=O) groups excluding carboxylic acids is 2. The molecule has 1 aromatic carbocycles. The minimum atomic E-state index is -4.11. The molecule has 0 saturated carbocycles. The van der Waals surface area contributed by atoms with E-state index in [1.54, 1.807) is 20.8 Å². The molecule has 0 atom stereocenters. The smallest absolute Gasteiger partial charge is 0.459 e. The van der Waals surface area contributed by atoms with Crippen molar-refractivity contribution in [1.29, 1.82) is 0 Å². The number of halogens is 2. The Bertz CT molecular complexity index is 817. The molecule has 1 N–H and O–H groups in total. The number of benzene rings is 1. The van der Waals surface area contributed by atoms with Crippen LogP contribution in [0.2, 0.25) is 0 Å². The van der Waals surface area contributed by atoms with E-state index in [2.05, 4.69) is 19.8 Å². The Hall–Kier alpha value is -2.49. The van der Waals surface area contributed by atoms with E-state index in [1.165, 1.54) is 25.1 Å². The maximum Gasteiger partial charge on any atom is 0.502 e. The monoisotopic (exact) mass is 388 g/mol. The lowest BCUT2D eigenvalue weighted by Crippen LogP contribution is -2.36. The first-order valence-electron chi connectivity index (χ1n) is 7.65. The second kappa shape index (κ2) is 7.40. The topological polar surface area (TPSA) is 86.8 Å². The highest BCUT2D eigenvalue weighted by molar-refractivity contribution is 7.22. The number of esters is 1. The largest absolute Gasteiger partial charge is 0.502 e. The van der Waals surface area contributed by atoms with E-state index >= 15 is 0 Å². The van der Waals surface area contributed by atoms with Crippen molar-refractivity contribution in [3.63, 3.8) is 0 Å². The molecule has 1 heterocycles. The van der Waals surface area contributed by atoms with Crippen LogP contribution in [0.3, 0.4) is 0 Å². The van der Waals surface area contributed by atoms with Crippen LogP contribution < -0.4 is 10.1 Å². The first kappa shape index (κ1) is 19.8. The molecule has 0 aliphatic carbocycles. The van der Waals surface area contributed by atoms with Crippen molar-refractivity contribution in [3.05, 3.63) is 18.2 Å². The molecule has 0 radical (unpaired) electrons. The standard InChI is InChI=1S/C16H18F2N2O5S/c1-5-23-12(21)16(17,18)24-9-6-7-11-10(8-9)19-13(26-11)20-14(22)25-15(2,3)4/h6-8H,5H2,1-4H3,(H,19,20,22). The predicted octanol–water partition coefficient (Wildman–Crippen LogP) is 4.18. The number of nitrogens with zero attached hydrogens (tertiary/aromatic N) is 1. The summed E-state index contributed by atoms with van der Waals surface area (Å²) in [4.78, 5) is 27.1. The SMILES string of the molecule is CCOC(=O)C(F)(F)Oc1ccc2sc(NC(=O)OC(C)(C)C)nc2c1. The summed E-state index contributed by atoms with van der Waals surface area (Å²) in [5.74, 6) is -2.03. The van der Waals surface area contributed by atoms with Gasteiger partial charge in [-0.25, -0.2) is 14.6 Å². The quantitative estimate of drug-likeness (QED) is 0.774. The molecule has 0 bridgehead atoms. The number of fused-ring (bicyclic) bond motifs is 1. The molecule has 0 unspecified atom stereocenters. The lowest BCUT2D eigenvalue weighted by Gasteiger charge is -2.18. The normalized spacial score (nSPS) is 11.9. The molecule has 0 saturated heterocycles. The van der Waals surface area contributed by atoms with Gasteiger partial charge in [0.2, 0.25) is 0 Å². The molecule has 0 fully saturated rings. The Labute approximate surface area is 152 Å². The third kappa shape index (κ3) is 5.25. The zero-order valence-electron chi connectivity index (χ0n) is 14.6. The molecule has 142 valence electrons. The summed E-state index contributed by atoms with van der Waals surface area (Å²) in [6.45, 7) is 6.38. The number of aromatic nitrogens is 1. The van der Waals surface area contributed by atoms with Crippen molar-refractivity contribution in [2.45, 2.75) is 39.4 Å². The van der Waals surface area contributed by atoms with Gasteiger partial charge in [-0.15, -0.1) is 0 Å². The number of hydrogen-bond donors (Lipinski definition) is 1. The van der Waals surface area contributed by atoms with Crippen LogP contribution in [0.4, 0.5) is 18.7 Å². The predicted molar refractivity (Wildman–Crippen MR) is 91.7 cm³/mol. The number of nitrogens with one attached hydrogen (secondary N) is 1. The third-order valence-electron chi connectivity index (χ3n) is 2.73. The highest BCUT2D eigenvalue weighted by Gasteiger charge is 2.44. The number of alkyl halides is 2. The fourth-order valence-electron chi connectivity index (χ4n) is 1.82. The summed E-state index contributed by atoms with van der Waals surface area (Å²) < 4.78 is 41.7. The number of thiazole rings is 1. The van der Waals surface area contributed by atoms with Gasteiger partial charge in [0.15, 0.2) is 5.13 Å². The number of anilines is 1. The van der Waals surface area contributed by atoms with Crippen molar-refractivity contribution in [2.24, 2.45) is 0 Å². The van der Waals surface area contributed by atoms with Crippen LogP contribution in [0.5, 0.6) is 5.75 Å². The van der Waals surface area contributed by atoms with Crippen LogP contribution in [-0.4, -0.2) is 35.4 Å². The molecule has 1 amide bonds. The Kier molecular flexibility index (Phi) is 5.65. The molecule has 10 heteroatoms. The average molecular weight is 388 g/mol. The fraction of sp³-hybridized carbons (Fsp3) is 0.438. The molecule has 1 aromatic heterocycles. The highest BCUT2D eigenvalue weighted by atomic mass is 32.1. The first-order chi connectivity index (χ1) is 12.0. The zero-order chi connectivity index (χ0) is 19.5. The summed E-state index contributed by atoms with van der Waals surface area (Å²) in [7, 11) is 0. The molecular formula is C16H18F2N2O5S. The van der Waals surface area contributed by atoms with Crippen LogP contribution in [-0.2, 0) is 14.3 Å². The van der Waals surface area contributed by atoms with Gasteiger partial charge in [-0.3, -0.25) is 5.32 Å². The Morgan fingerprint density at radius 3 is 2.58 bits per heavy atom. The Balaban J connectivity index is 2.14. The van der Waals surface area contributed by atoms with Gasteiger partial charge in [-0.1, -0.05) is 11.3 Å². The summed E-state index contributed by atoms with van der Waals surface area (Å²) in [5, 5.41) is 2.71. The molecule has 0 aliphatic heterocycles. The van der Waals surface area contributed by atoms with Crippen LogP contribution in [0.15, 0.2) is 18.2 Å². The summed E-state index contributed by atoms with van der Waals surface area (Å²) >= 11 is 1.13. The molecule has 7 nitrogen and oxygen atoms in total. The van der Waals surface area contributed by atoms with Gasteiger partial charge in [0.05, 0.1) is 16.8 Å². The zero-order valence-corrected chi connectivity index (χ0v) is 15.4. The number of ether oxygens (including phenoxy) is 3. The summed E-state index contributed by atoms with van der Waals surface area (Å²) in [5.41, 5.74) is -0.348. The summed E-state index contributed by atoms with van der Waals surface area (Å²) in [6, 6.07) is 3.99. The van der Waals surface area contributed by atoms with Gasteiger partial charge in [0.25, 0.3) is 0 Å². The lowest BCUT2D eigenvalue weighted by molar-refractivity contribution is -0.216. The second-order valence-corrected chi connectivity index (χ2v) is 7.15. The van der Waals surface area contributed by atoms with Crippen molar-refractivity contribution in [2.75, 3.05) is 11.9 Å². The van der Waals surface area contributed by atoms with E-state index in [0.29, 0.717) is 10.2 Å². The average Bonchev–Trinajstić information content (AvgIpc) is 2.86. The van der Waals surface area contributed by atoms with Crippen LogP contribution in [0.1, 0.15) is 27.7 Å². The van der Waals surface area contributed by atoms with E-state index in [-0.39, 0.29) is 17.5 Å². The molecular weight excluding hydrogens is 370 g/mol. The van der Waals surface area contributed by atoms with Crippen LogP contribution in [0, 0.1) is 0 Å². The van der Waals surface area contributed by atoms with E-state index in [9.17, 15) is 18.4 Å². The molecule has 2 rings (SSSR count). The van der Waals surface area contributed by atoms with E-state index in [1.807, 2.05) is 0 Å². The lowest BCUT2D eigenvalue weighted by atomic mass is 10.2. The van der Waals surface area contributed by atoms with Crippen LogP contribution >= 0.6 is 11.3 Å². The van der Waals surface area contributed by atoms with Gasteiger partial charge in [0, 0.05) is 6.07 Å².